The second kappa shape index (κ2) is 4.84. The lowest BCUT2D eigenvalue weighted by atomic mass is 10.2. The molecule has 0 bridgehead atoms. The van der Waals surface area contributed by atoms with Crippen molar-refractivity contribution >= 4 is 5.69 Å². The van der Waals surface area contributed by atoms with E-state index in [0.29, 0.717) is 5.69 Å². The van der Waals surface area contributed by atoms with Gasteiger partial charge in [-0.25, -0.2) is 0 Å². The van der Waals surface area contributed by atoms with Crippen LogP contribution >= 0.6 is 0 Å². The van der Waals surface area contributed by atoms with Gasteiger partial charge in [-0.3, -0.25) is 0 Å². The molecular weight excluding hydrogens is 255 g/mol. The number of para-hydroxylation sites is 1. The van der Waals surface area contributed by atoms with E-state index in [-0.39, 0.29) is 11.5 Å². The molecule has 0 saturated heterocycles. The molecule has 0 spiro atoms. The van der Waals surface area contributed by atoms with Crippen LogP contribution in [0.4, 0.5) is 18.9 Å². The maximum atomic E-state index is 12.8. The van der Waals surface area contributed by atoms with Gasteiger partial charge in [0.2, 0.25) is 0 Å². The highest BCUT2D eigenvalue weighted by molar-refractivity contribution is 5.56. The van der Waals surface area contributed by atoms with Crippen LogP contribution in [0.1, 0.15) is 11.1 Å². The Bertz CT molecular complexity index is 593. The molecule has 2 nitrogen and oxygen atoms in total. The molecule has 0 fully saturated rings. The fourth-order valence-corrected chi connectivity index (χ4v) is 1.64. The number of ether oxygens (including phenoxy) is 1. The molecule has 0 radical (unpaired) electrons. The predicted molar refractivity (Wildman–Crippen MR) is 67.1 cm³/mol. The molecule has 0 amide bonds. The fourth-order valence-electron chi connectivity index (χ4n) is 1.64. The SMILES string of the molecule is Cc1ccc(N)c(Oc2ccccc2C(F)(F)F)c1. The van der Waals surface area contributed by atoms with Crippen molar-refractivity contribution in [1.82, 2.24) is 0 Å². The van der Waals surface area contributed by atoms with E-state index in [9.17, 15) is 13.2 Å². The van der Waals surface area contributed by atoms with Crippen molar-refractivity contribution in [2.75, 3.05) is 5.73 Å². The highest BCUT2D eigenvalue weighted by Crippen LogP contribution is 2.39. The summed E-state index contributed by atoms with van der Waals surface area (Å²) in [5.41, 5.74) is 6.02. The van der Waals surface area contributed by atoms with Crippen molar-refractivity contribution in [1.29, 1.82) is 0 Å². The largest absolute Gasteiger partial charge is 0.455 e. The fraction of sp³-hybridized carbons (Fsp3) is 0.143. The number of benzene rings is 2. The molecule has 0 unspecified atom stereocenters. The molecule has 0 heterocycles. The highest BCUT2D eigenvalue weighted by Gasteiger charge is 2.34. The summed E-state index contributed by atoms with van der Waals surface area (Å²) in [4.78, 5) is 0. The van der Waals surface area contributed by atoms with Crippen LogP contribution in [0, 0.1) is 6.92 Å². The Morgan fingerprint density at radius 1 is 1.00 bits per heavy atom. The summed E-state index contributed by atoms with van der Waals surface area (Å²) < 4.78 is 43.8. The summed E-state index contributed by atoms with van der Waals surface area (Å²) in [6.07, 6.45) is -4.46. The minimum atomic E-state index is -4.46. The van der Waals surface area contributed by atoms with Gasteiger partial charge in [0.05, 0.1) is 11.3 Å². The third-order valence-electron chi connectivity index (χ3n) is 2.58. The van der Waals surface area contributed by atoms with Crippen LogP contribution in [-0.2, 0) is 6.18 Å². The molecule has 0 atom stereocenters. The van der Waals surface area contributed by atoms with Crippen LogP contribution in [0.3, 0.4) is 0 Å². The smallest absolute Gasteiger partial charge is 0.419 e. The second-order valence-corrected chi connectivity index (χ2v) is 4.14. The van der Waals surface area contributed by atoms with Crippen molar-refractivity contribution in [3.63, 3.8) is 0 Å². The van der Waals surface area contributed by atoms with E-state index < -0.39 is 11.7 Å². The van der Waals surface area contributed by atoms with E-state index in [2.05, 4.69) is 0 Å². The number of alkyl halides is 3. The Morgan fingerprint density at radius 2 is 1.68 bits per heavy atom. The third kappa shape index (κ3) is 2.99. The Labute approximate surface area is 108 Å². The summed E-state index contributed by atoms with van der Waals surface area (Å²) in [6.45, 7) is 1.81. The second-order valence-electron chi connectivity index (χ2n) is 4.14. The quantitative estimate of drug-likeness (QED) is 0.819. The lowest BCUT2D eigenvalue weighted by Crippen LogP contribution is -2.07. The molecule has 2 rings (SSSR count). The Morgan fingerprint density at radius 3 is 2.37 bits per heavy atom. The van der Waals surface area contributed by atoms with Gasteiger partial charge in [-0.15, -0.1) is 0 Å². The lowest BCUT2D eigenvalue weighted by Gasteiger charge is -2.14. The number of hydrogen-bond donors (Lipinski definition) is 1. The van der Waals surface area contributed by atoms with Crippen LogP contribution < -0.4 is 10.5 Å². The minimum Gasteiger partial charge on any atom is -0.455 e. The average molecular weight is 267 g/mol. The van der Waals surface area contributed by atoms with Crippen molar-refractivity contribution in [2.24, 2.45) is 0 Å². The van der Waals surface area contributed by atoms with Gasteiger partial charge in [0.25, 0.3) is 0 Å². The van der Waals surface area contributed by atoms with Crippen molar-refractivity contribution in [2.45, 2.75) is 13.1 Å². The van der Waals surface area contributed by atoms with E-state index in [1.807, 2.05) is 6.92 Å². The van der Waals surface area contributed by atoms with Gasteiger partial charge in [0.1, 0.15) is 5.75 Å². The molecule has 0 aromatic heterocycles. The monoisotopic (exact) mass is 267 g/mol. The Hall–Kier alpha value is -2.17. The number of nitrogen functional groups attached to an aromatic ring is 1. The van der Waals surface area contributed by atoms with Crippen LogP contribution in [-0.4, -0.2) is 0 Å². The zero-order valence-corrected chi connectivity index (χ0v) is 10.2. The third-order valence-corrected chi connectivity index (χ3v) is 2.58. The first-order chi connectivity index (χ1) is 8.88. The van der Waals surface area contributed by atoms with Gasteiger partial charge in [-0.05, 0) is 36.8 Å². The number of nitrogens with two attached hydrogens (primary N) is 1. The van der Waals surface area contributed by atoms with E-state index in [4.69, 9.17) is 10.5 Å². The number of anilines is 1. The first kappa shape index (κ1) is 13.3. The molecule has 2 N–H and O–H groups in total. The molecule has 2 aromatic rings. The van der Waals surface area contributed by atoms with Crippen LogP contribution in [0.5, 0.6) is 11.5 Å². The number of aryl methyl sites for hydroxylation is 1. The normalized spacial score (nSPS) is 11.4. The molecule has 0 aliphatic rings. The van der Waals surface area contributed by atoms with E-state index in [1.54, 1.807) is 18.2 Å². The zero-order valence-electron chi connectivity index (χ0n) is 10.2. The van der Waals surface area contributed by atoms with Crippen molar-refractivity contribution < 1.29 is 17.9 Å². The average Bonchev–Trinajstić information content (AvgIpc) is 2.33. The van der Waals surface area contributed by atoms with Crippen molar-refractivity contribution in [3.05, 3.63) is 53.6 Å². The first-order valence-electron chi connectivity index (χ1n) is 5.58. The van der Waals surface area contributed by atoms with Crippen LogP contribution in [0.25, 0.3) is 0 Å². The maximum Gasteiger partial charge on any atom is 0.419 e. The Kier molecular flexibility index (Phi) is 3.38. The molecule has 0 aliphatic heterocycles. The van der Waals surface area contributed by atoms with Gasteiger partial charge in [-0.1, -0.05) is 18.2 Å². The summed E-state index contributed by atoms with van der Waals surface area (Å²) in [7, 11) is 0. The number of halogens is 3. The molecule has 0 aliphatic carbocycles. The first-order valence-corrected chi connectivity index (χ1v) is 5.58. The molecule has 0 saturated carbocycles. The van der Waals surface area contributed by atoms with E-state index in [0.717, 1.165) is 11.6 Å². The van der Waals surface area contributed by atoms with Gasteiger partial charge in [0, 0.05) is 0 Å². The number of rotatable bonds is 2. The molecular formula is C14H12F3NO. The molecule has 100 valence electrons. The summed E-state index contributed by atoms with van der Waals surface area (Å²) in [5.74, 6) is -0.0380. The van der Waals surface area contributed by atoms with E-state index >= 15 is 0 Å². The minimum absolute atomic E-state index is 0.219. The maximum absolute atomic E-state index is 12.8. The van der Waals surface area contributed by atoms with Gasteiger partial charge < -0.3 is 10.5 Å². The molecule has 19 heavy (non-hydrogen) atoms. The Balaban J connectivity index is 2.41. The summed E-state index contributed by atoms with van der Waals surface area (Å²) >= 11 is 0. The van der Waals surface area contributed by atoms with E-state index in [1.165, 1.54) is 18.2 Å². The number of hydrogen-bond acceptors (Lipinski definition) is 2. The van der Waals surface area contributed by atoms with Crippen LogP contribution in [0.15, 0.2) is 42.5 Å². The zero-order chi connectivity index (χ0) is 14.0. The van der Waals surface area contributed by atoms with Crippen LogP contribution in [0.2, 0.25) is 0 Å². The topological polar surface area (TPSA) is 35.2 Å². The summed E-state index contributed by atoms with van der Waals surface area (Å²) in [5, 5.41) is 0. The standard InChI is InChI=1S/C14H12F3NO/c1-9-6-7-11(18)13(8-9)19-12-5-3-2-4-10(12)14(15,16)17/h2-8H,18H2,1H3. The predicted octanol–water partition coefficient (Wildman–Crippen LogP) is 4.39. The van der Waals surface area contributed by atoms with Gasteiger partial charge in [0.15, 0.2) is 5.75 Å². The molecule has 5 heteroatoms. The highest BCUT2D eigenvalue weighted by atomic mass is 19.4. The van der Waals surface area contributed by atoms with Crippen molar-refractivity contribution in [3.8, 4) is 11.5 Å². The summed E-state index contributed by atoms with van der Waals surface area (Å²) in [6, 6.07) is 10.00. The lowest BCUT2D eigenvalue weighted by molar-refractivity contribution is -0.138. The van der Waals surface area contributed by atoms with Gasteiger partial charge in [-0.2, -0.15) is 13.2 Å². The molecule has 2 aromatic carbocycles. The van der Waals surface area contributed by atoms with Gasteiger partial charge >= 0.3 is 6.18 Å².